The van der Waals surface area contributed by atoms with Gasteiger partial charge in [-0.05, 0) is 48.9 Å². The van der Waals surface area contributed by atoms with Gasteiger partial charge in [0.25, 0.3) is 0 Å². The van der Waals surface area contributed by atoms with E-state index in [9.17, 15) is 9.90 Å². The van der Waals surface area contributed by atoms with Crippen molar-refractivity contribution in [1.82, 2.24) is 10.2 Å². The minimum Gasteiger partial charge on any atom is -0.465 e. The maximum atomic E-state index is 11.7. The zero-order valence-corrected chi connectivity index (χ0v) is 13.9. The minimum atomic E-state index is -0.794. The molecular weight excluding hydrogens is 290 g/mol. The molecule has 1 amide bonds. The highest BCUT2D eigenvalue weighted by Gasteiger charge is 2.29. The zero-order valence-electron chi connectivity index (χ0n) is 13.9. The van der Waals surface area contributed by atoms with Crippen LogP contribution in [0.5, 0.6) is 0 Å². The maximum absolute atomic E-state index is 11.7. The molecule has 2 N–H and O–H groups in total. The number of piperazine rings is 1. The third-order valence-electron chi connectivity index (χ3n) is 4.98. The van der Waals surface area contributed by atoms with E-state index in [0.717, 1.165) is 51.9 Å². The van der Waals surface area contributed by atoms with Crippen molar-refractivity contribution >= 4 is 11.8 Å². The largest absolute Gasteiger partial charge is 0.465 e. The van der Waals surface area contributed by atoms with Crippen molar-refractivity contribution in [3.8, 4) is 0 Å². The van der Waals surface area contributed by atoms with Crippen molar-refractivity contribution in [2.24, 2.45) is 0 Å². The van der Waals surface area contributed by atoms with Crippen LogP contribution in [0.4, 0.5) is 10.5 Å². The first-order valence-corrected chi connectivity index (χ1v) is 8.78. The first-order chi connectivity index (χ1) is 11.2. The minimum absolute atomic E-state index is 0.0130. The van der Waals surface area contributed by atoms with Gasteiger partial charge in [-0.1, -0.05) is 13.0 Å². The van der Waals surface area contributed by atoms with E-state index in [0.29, 0.717) is 6.54 Å². The van der Waals surface area contributed by atoms with Crippen LogP contribution < -0.4 is 10.2 Å². The second-order valence-corrected chi connectivity index (χ2v) is 6.50. The normalized spacial score (nSPS) is 20.9. The highest BCUT2D eigenvalue weighted by atomic mass is 16.4. The van der Waals surface area contributed by atoms with Gasteiger partial charge < -0.3 is 20.2 Å². The zero-order chi connectivity index (χ0) is 16.2. The van der Waals surface area contributed by atoms with E-state index in [-0.39, 0.29) is 6.04 Å². The molecule has 126 valence electrons. The molecule has 0 aromatic heterocycles. The summed E-state index contributed by atoms with van der Waals surface area (Å²) in [7, 11) is 0. The van der Waals surface area contributed by atoms with Crippen molar-refractivity contribution in [1.29, 1.82) is 0 Å². The number of aryl methyl sites for hydroxylation is 1. The predicted molar refractivity (Wildman–Crippen MR) is 92.2 cm³/mol. The van der Waals surface area contributed by atoms with Gasteiger partial charge in [-0.25, -0.2) is 4.79 Å². The number of carbonyl (C=O) groups is 1. The van der Waals surface area contributed by atoms with Crippen molar-refractivity contribution in [3.63, 3.8) is 0 Å². The summed E-state index contributed by atoms with van der Waals surface area (Å²) >= 11 is 0. The van der Waals surface area contributed by atoms with Crippen LogP contribution in [0.25, 0.3) is 0 Å². The topological polar surface area (TPSA) is 55.8 Å². The summed E-state index contributed by atoms with van der Waals surface area (Å²) in [6.07, 6.45) is 3.13. The van der Waals surface area contributed by atoms with Crippen LogP contribution in [-0.4, -0.2) is 48.8 Å². The number of amides is 1. The molecule has 1 fully saturated rings. The van der Waals surface area contributed by atoms with E-state index in [2.05, 4.69) is 28.4 Å². The quantitative estimate of drug-likeness (QED) is 0.896. The van der Waals surface area contributed by atoms with Crippen molar-refractivity contribution < 1.29 is 9.90 Å². The fraction of sp³-hybridized carbons (Fsp3) is 0.611. The van der Waals surface area contributed by atoms with Crippen LogP contribution in [0.15, 0.2) is 18.2 Å². The molecule has 1 aliphatic carbocycles. The van der Waals surface area contributed by atoms with Gasteiger partial charge in [-0.15, -0.1) is 0 Å². The molecule has 2 aliphatic rings. The average Bonchev–Trinajstić information content (AvgIpc) is 2.59. The number of hydrogen-bond acceptors (Lipinski definition) is 3. The number of benzene rings is 1. The number of rotatable bonds is 4. The molecule has 23 heavy (non-hydrogen) atoms. The monoisotopic (exact) mass is 317 g/mol. The Balaban J connectivity index is 1.90. The summed E-state index contributed by atoms with van der Waals surface area (Å²) in [5, 5.41) is 13.0. The lowest BCUT2D eigenvalue weighted by Gasteiger charge is -2.36. The van der Waals surface area contributed by atoms with Gasteiger partial charge in [-0.2, -0.15) is 0 Å². The third kappa shape index (κ3) is 3.44. The maximum Gasteiger partial charge on any atom is 0.407 e. The Labute approximate surface area is 138 Å². The van der Waals surface area contributed by atoms with Gasteiger partial charge in [0.05, 0.1) is 6.04 Å². The van der Waals surface area contributed by atoms with E-state index in [1.807, 2.05) is 6.92 Å². The number of hydrogen-bond donors (Lipinski definition) is 2. The van der Waals surface area contributed by atoms with Crippen LogP contribution in [0, 0.1) is 0 Å². The van der Waals surface area contributed by atoms with Gasteiger partial charge in [0.15, 0.2) is 0 Å². The molecule has 0 spiro atoms. The first kappa shape index (κ1) is 16.1. The van der Waals surface area contributed by atoms with Crippen LogP contribution in [0.2, 0.25) is 0 Å². The van der Waals surface area contributed by atoms with Crippen molar-refractivity contribution in [2.75, 3.05) is 37.6 Å². The smallest absolute Gasteiger partial charge is 0.407 e. The molecule has 1 saturated heterocycles. The summed E-state index contributed by atoms with van der Waals surface area (Å²) in [5.74, 6) is 0. The van der Waals surface area contributed by atoms with Crippen molar-refractivity contribution in [3.05, 3.63) is 29.3 Å². The second-order valence-electron chi connectivity index (χ2n) is 6.50. The summed E-state index contributed by atoms with van der Waals surface area (Å²) in [6.45, 7) is 6.70. The SMILES string of the molecule is CCCN(C(=O)O)C1CCCc2ccc(N3CCNCC3)cc21. The number of fused-ring (bicyclic) bond motifs is 1. The van der Waals surface area contributed by atoms with E-state index in [4.69, 9.17) is 0 Å². The van der Waals surface area contributed by atoms with Crippen LogP contribution in [0.1, 0.15) is 43.4 Å². The molecule has 0 bridgehead atoms. The van der Waals surface area contributed by atoms with Gasteiger partial charge in [0.2, 0.25) is 0 Å². The molecule has 0 radical (unpaired) electrons. The van der Waals surface area contributed by atoms with Crippen LogP contribution >= 0.6 is 0 Å². The summed E-state index contributed by atoms with van der Waals surface area (Å²) in [4.78, 5) is 15.7. The molecule has 5 heteroatoms. The van der Waals surface area contributed by atoms with Gasteiger partial charge in [-0.3, -0.25) is 0 Å². The predicted octanol–water partition coefficient (Wildman–Crippen LogP) is 2.86. The fourth-order valence-corrected chi connectivity index (χ4v) is 3.83. The summed E-state index contributed by atoms with van der Waals surface area (Å²) in [5.41, 5.74) is 3.78. The van der Waals surface area contributed by atoms with E-state index in [1.54, 1.807) is 4.90 Å². The first-order valence-electron chi connectivity index (χ1n) is 8.78. The molecule has 1 unspecified atom stereocenters. The van der Waals surface area contributed by atoms with Crippen molar-refractivity contribution in [2.45, 2.75) is 38.6 Å². The molecular formula is C18H27N3O2. The molecule has 1 heterocycles. The summed E-state index contributed by atoms with van der Waals surface area (Å²) < 4.78 is 0. The Bertz CT molecular complexity index is 555. The van der Waals surface area contributed by atoms with Gasteiger partial charge >= 0.3 is 6.09 Å². The number of anilines is 1. The summed E-state index contributed by atoms with van der Waals surface area (Å²) in [6, 6.07) is 6.68. The number of nitrogens with zero attached hydrogens (tertiary/aromatic N) is 2. The molecule has 1 atom stereocenters. The van der Waals surface area contributed by atoms with Gasteiger partial charge in [0, 0.05) is 38.4 Å². The lowest BCUT2D eigenvalue weighted by molar-refractivity contribution is 0.118. The Morgan fingerprint density at radius 3 is 2.87 bits per heavy atom. The van der Waals surface area contributed by atoms with E-state index >= 15 is 0 Å². The Kier molecular flexibility index (Phi) is 5.06. The molecule has 0 saturated carbocycles. The lowest BCUT2D eigenvalue weighted by Crippen LogP contribution is -2.43. The second kappa shape index (κ2) is 7.21. The molecule has 1 aromatic rings. The number of nitrogens with one attached hydrogen (secondary N) is 1. The highest BCUT2D eigenvalue weighted by Crippen LogP contribution is 2.36. The van der Waals surface area contributed by atoms with Gasteiger partial charge in [0.1, 0.15) is 0 Å². The molecule has 3 rings (SSSR count). The lowest BCUT2D eigenvalue weighted by atomic mass is 9.86. The van der Waals surface area contributed by atoms with E-state index < -0.39 is 6.09 Å². The third-order valence-corrected chi connectivity index (χ3v) is 4.98. The highest BCUT2D eigenvalue weighted by molar-refractivity contribution is 5.66. The molecule has 5 nitrogen and oxygen atoms in total. The molecule has 1 aliphatic heterocycles. The van der Waals surface area contributed by atoms with Crippen LogP contribution in [-0.2, 0) is 6.42 Å². The average molecular weight is 317 g/mol. The Morgan fingerprint density at radius 1 is 1.39 bits per heavy atom. The molecule has 1 aromatic carbocycles. The Morgan fingerprint density at radius 2 is 2.17 bits per heavy atom. The standard InChI is InChI=1S/C18H27N3O2/c1-2-10-21(18(22)23)17-5-3-4-14-6-7-15(13-16(14)17)20-11-8-19-9-12-20/h6-7,13,17,19H,2-5,8-12H2,1H3,(H,22,23). The fourth-order valence-electron chi connectivity index (χ4n) is 3.83. The number of carboxylic acid groups (broad SMARTS) is 1. The van der Waals surface area contributed by atoms with Crippen LogP contribution in [0.3, 0.4) is 0 Å². The Hall–Kier alpha value is -1.75. The van der Waals surface area contributed by atoms with E-state index in [1.165, 1.54) is 16.8 Å².